The highest BCUT2D eigenvalue weighted by Crippen LogP contribution is 2.33. The summed E-state index contributed by atoms with van der Waals surface area (Å²) in [6, 6.07) is 50.1. The third-order valence-electron chi connectivity index (χ3n) is 18.4. The SMILES string of the molecule is Cc1ccc(-c2ccc(C(C)(C)C)c[n+]2C)c(C)c1.Cc1ccccc1-c1cc(C)c(C(C)(C)C)c[n+]1C.Cc1ccccc1-c1cc(C)c(C(C)(C)C)c[n+]1C.[2H]C([2H])([2H])c1ccc(-c2cc(C)c(C(C)(C)C)c[n+]2C)c(C)c1.[2H]C([2H])([2H])c1ccc(-c2ccc(C(C)(C)C)c[n+]2C)c(C)c1. The van der Waals surface area contributed by atoms with Gasteiger partial charge in [0.15, 0.2) is 31.0 Å². The molecule has 5 heteroatoms. The van der Waals surface area contributed by atoms with Gasteiger partial charge >= 0.3 is 0 Å². The van der Waals surface area contributed by atoms with Crippen molar-refractivity contribution in [1.29, 1.82) is 0 Å². The molecule has 0 saturated carbocycles. The third kappa shape index (κ3) is 19.8. The smallest absolute Gasteiger partial charge is 0.201 e. The van der Waals surface area contributed by atoms with Crippen molar-refractivity contribution < 1.29 is 31.1 Å². The Balaban J connectivity index is 0.000000201. The summed E-state index contributed by atoms with van der Waals surface area (Å²) in [4.78, 5) is 0. The Kier molecular flexibility index (Phi) is 21.9. The first kappa shape index (κ1) is 67.8. The van der Waals surface area contributed by atoms with Crippen LogP contribution >= 0.6 is 0 Å². The third-order valence-corrected chi connectivity index (χ3v) is 18.4. The molecule has 0 atom stereocenters. The Morgan fingerprint density at radius 1 is 0.240 bits per heavy atom. The van der Waals surface area contributed by atoms with E-state index in [1.807, 2.05) is 40.1 Å². The van der Waals surface area contributed by atoms with Crippen molar-refractivity contribution in [2.45, 2.75) is 207 Å². The zero-order chi connectivity index (χ0) is 76.9. The molecule has 0 aliphatic carbocycles. The Hall–Kier alpha value is -8.15. The van der Waals surface area contributed by atoms with Gasteiger partial charge in [-0.15, -0.1) is 0 Å². The van der Waals surface area contributed by atoms with Crippen molar-refractivity contribution in [3.8, 4) is 56.3 Å². The number of benzene rings is 5. The minimum atomic E-state index is -2.06. The lowest BCUT2D eigenvalue weighted by Gasteiger charge is -2.20. The fourth-order valence-electron chi connectivity index (χ4n) is 12.8. The topological polar surface area (TPSA) is 19.4 Å². The van der Waals surface area contributed by atoms with E-state index >= 15 is 0 Å². The Morgan fingerprint density at radius 3 is 0.760 bits per heavy atom. The fourth-order valence-corrected chi connectivity index (χ4v) is 12.8. The molecule has 506 valence electrons. The van der Waals surface area contributed by atoms with Gasteiger partial charge in [0.2, 0.25) is 28.5 Å². The molecular formula is C91H122N5+5. The van der Waals surface area contributed by atoms with Crippen molar-refractivity contribution in [3.05, 3.63) is 266 Å². The lowest BCUT2D eigenvalue weighted by atomic mass is 9.84. The van der Waals surface area contributed by atoms with E-state index in [-0.39, 0.29) is 27.1 Å². The molecule has 0 unspecified atom stereocenters. The molecule has 5 heterocycles. The van der Waals surface area contributed by atoms with E-state index in [4.69, 9.17) is 8.22 Å². The summed E-state index contributed by atoms with van der Waals surface area (Å²) in [6.07, 6.45) is 11.1. The van der Waals surface area contributed by atoms with Crippen molar-refractivity contribution in [3.63, 3.8) is 0 Å². The molecular weight excluding hydrogens is 1160 g/mol. The minimum absolute atomic E-state index is 0.0978. The number of rotatable bonds is 5. The molecule has 10 rings (SSSR count). The Bertz CT molecular complexity index is 4430. The minimum Gasteiger partial charge on any atom is -0.201 e. The number of nitrogens with zero attached hydrogens (tertiary/aromatic N) is 5. The molecule has 5 aromatic heterocycles. The van der Waals surface area contributed by atoms with E-state index in [1.165, 1.54) is 101 Å². The van der Waals surface area contributed by atoms with E-state index < -0.39 is 13.7 Å². The summed E-state index contributed by atoms with van der Waals surface area (Å²) in [5.41, 5.74) is 31.7. The normalized spacial score (nSPS) is 12.9. The molecule has 96 heavy (non-hydrogen) atoms. The van der Waals surface area contributed by atoms with Gasteiger partial charge in [-0.1, -0.05) is 193 Å². The second-order valence-corrected chi connectivity index (χ2v) is 32.2. The van der Waals surface area contributed by atoms with Crippen LogP contribution in [0.15, 0.2) is 177 Å². The maximum atomic E-state index is 7.55. The summed E-state index contributed by atoms with van der Waals surface area (Å²) < 4.78 is 56.1. The lowest BCUT2D eigenvalue weighted by molar-refractivity contribution is -0.661. The molecule has 0 aliphatic rings. The Labute approximate surface area is 592 Å². The molecule has 0 fully saturated rings. The van der Waals surface area contributed by atoms with E-state index in [0.717, 1.165) is 33.6 Å². The average molecular weight is 1290 g/mol. The first-order valence-corrected chi connectivity index (χ1v) is 34.3. The molecule has 0 N–H and O–H groups in total. The number of aryl methyl sites for hydroxylation is 16. The van der Waals surface area contributed by atoms with Gasteiger partial charge in [0.05, 0.1) is 0 Å². The van der Waals surface area contributed by atoms with Crippen LogP contribution in [-0.2, 0) is 62.3 Å². The molecule has 5 aromatic carbocycles. The molecule has 0 saturated heterocycles. The second-order valence-electron chi connectivity index (χ2n) is 32.2. The average Bonchev–Trinajstić information content (AvgIpc) is 0.797. The maximum absolute atomic E-state index is 7.55. The van der Waals surface area contributed by atoms with Crippen LogP contribution in [0.2, 0.25) is 0 Å². The van der Waals surface area contributed by atoms with Crippen LogP contribution in [-0.4, -0.2) is 0 Å². The van der Waals surface area contributed by atoms with Crippen molar-refractivity contribution >= 4 is 0 Å². The molecule has 0 aliphatic heterocycles. The summed E-state index contributed by atoms with van der Waals surface area (Å²) in [5.74, 6) is 0. The molecule has 0 radical (unpaired) electrons. The van der Waals surface area contributed by atoms with Crippen LogP contribution < -0.4 is 22.8 Å². The zero-order valence-electron chi connectivity index (χ0n) is 70.5. The fraction of sp³-hybridized carbons (Fsp3) is 0.396. The second kappa shape index (κ2) is 30.9. The van der Waals surface area contributed by atoms with Gasteiger partial charge in [-0.2, -0.15) is 0 Å². The van der Waals surface area contributed by atoms with Crippen LogP contribution in [0.5, 0.6) is 0 Å². The standard InChI is InChI=1S/C19H26N.4C18H24N/c1-13-8-9-16(14(2)10-13)18-11-15(3)17(12-20(18)7)19(4,5)6;2*1-13-7-9-16(14(2)11-13)17-10-8-15(12-19(17)6)18(3,4)5;2*1-13-9-7-8-10-15(13)17-11-14(2)16(12-19(17)6)18(3,4)5/h8-12H,1-7H3;4*7-12H,1-6H3/q5*+1/i2*1D3;;;. The van der Waals surface area contributed by atoms with Gasteiger partial charge in [0, 0.05) is 94.2 Å². The molecule has 0 amide bonds. The van der Waals surface area contributed by atoms with Crippen LogP contribution in [0, 0.1) is 76.0 Å². The highest BCUT2D eigenvalue weighted by Gasteiger charge is 2.27. The van der Waals surface area contributed by atoms with Crippen LogP contribution in [0.3, 0.4) is 0 Å². The predicted molar refractivity (Wildman–Crippen MR) is 411 cm³/mol. The van der Waals surface area contributed by atoms with Gasteiger partial charge < -0.3 is 0 Å². The van der Waals surface area contributed by atoms with Gasteiger partial charge in [0.25, 0.3) is 0 Å². The van der Waals surface area contributed by atoms with Crippen LogP contribution in [0.25, 0.3) is 56.3 Å². The first-order valence-electron chi connectivity index (χ1n) is 37.3. The van der Waals surface area contributed by atoms with Gasteiger partial charge in [-0.05, 0) is 190 Å². The number of hydrogen-bond donors (Lipinski definition) is 0. The van der Waals surface area contributed by atoms with Crippen molar-refractivity contribution in [1.82, 2.24) is 0 Å². The molecule has 0 bridgehead atoms. The lowest BCUT2D eigenvalue weighted by Crippen LogP contribution is -2.34. The number of pyridine rings is 5. The Morgan fingerprint density at radius 2 is 0.500 bits per heavy atom. The molecule has 5 nitrogen and oxygen atoms in total. The first-order chi connectivity index (χ1) is 46.8. The maximum Gasteiger partial charge on any atom is 0.212 e. The summed E-state index contributed by atoms with van der Waals surface area (Å²) >= 11 is 0. The van der Waals surface area contributed by atoms with Crippen LogP contribution in [0.4, 0.5) is 0 Å². The van der Waals surface area contributed by atoms with Crippen molar-refractivity contribution in [2.75, 3.05) is 0 Å². The van der Waals surface area contributed by atoms with Gasteiger partial charge in [0.1, 0.15) is 35.2 Å². The number of hydrogen-bond acceptors (Lipinski definition) is 0. The van der Waals surface area contributed by atoms with E-state index in [0.29, 0.717) is 11.1 Å². The van der Waals surface area contributed by atoms with Gasteiger partial charge in [-0.3, -0.25) is 0 Å². The van der Waals surface area contributed by atoms with Crippen molar-refractivity contribution in [2.24, 2.45) is 35.2 Å². The molecule has 0 spiro atoms. The highest BCUT2D eigenvalue weighted by atomic mass is 14.9. The summed E-state index contributed by atoms with van der Waals surface area (Å²) in [6.45, 7) is 48.6. The highest BCUT2D eigenvalue weighted by molar-refractivity contribution is 5.66. The summed E-state index contributed by atoms with van der Waals surface area (Å²) in [5, 5.41) is 0. The largest absolute Gasteiger partial charge is 0.212 e. The van der Waals surface area contributed by atoms with Crippen LogP contribution in [0.1, 0.15) is 201 Å². The monoisotopic (exact) mass is 1290 g/mol. The predicted octanol–water partition coefficient (Wildman–Crippen LogP) is 20.8. The summed E-state index contributed by atoms with van der Waals surface area (Å²) in [7, 11) is 10.5. The van der Waals surface area contributed by atoms with E-state index in [2.05, 4.69) is 336 Å². The van der Waals surface area contributed by atoms with E-state index in [9.17, 15) is 0 Å². The molecule has 10 aromatic rings. The van der Waals surface area contributed by atoms with E-state index in [1.54, 1.807) is 24.3 Å². The van der Waals surface area contributed by atoms with Gasteiger partial charge in [-0.25, -0.2) is 22.8 Å². The quantitative estimate of drug-likeness (QED) is 0.153. The number of aromatic nitrogens is 5. The zero-order valence-corrected chi connectivity index (χ0v) is 64.5.